The molecular formula is C16H26N2O. The van der Waals surface area contributed by atoms with Gasteiger partial charge in [-0.05, 0) is 56.4 Å². The first-order valence-corrected chi connectivity index (χ1v) is 7.96. The molecule has 0 aromatic carbocycles. The number of carbonyl (C=O) groups excluding carboxylic acids is 1. The fraction of sp³-hybridized carbons (Fsp3) is 0.812. The first kappa shape index (κ1) is 13.2. The zero-order valence-electron chi connectivity index (χ0n) is 11.8. The Morgan fingerprint density at radius 2 is 2.32 bits per heavy atom. The summed E-state index contributed by atoms with van der Waals surface area (Å²) in [7, 11) is 0. The minimum Gasteiger partial charge on any atom is -0.356 e. The van der Waals surface area contributed by atoms with Crippen molar-refractivity contribution in [1.29, 1.82) is 0 Å². The van der Waals surface area contributed by atoms with E-state index < -0.39 is 0 Å². The van der Waals surface area contributed by atoms with Gasteiger partial charge in [-0.25, -0.2) is 0 Å². The SMILES string of the molecule is O=C(CC1CC2CCC1C2)NCCC1=CCNCC1. The average molecular weight is 262 g/mol. The maximum absolute atomic E-state index is 12.0. The van der Waals surface area contributed by atoms with Gasteiger partial charge < -0.3 is 10.6 Å². The molecular weight excluding hydrogens is 236 g/mol. The molecule has 3 heteroatoms. The van der Waals surface area contributed by atoms with Crippen LogP contribution in [0.3, 0.4) is 0 Å². The van der Waals surface area contributed by atoms with E-state index in [2.05, 4.69) is 16.7 Å². The fourth-order valence-corrected chi connectivity index (χ4v) is 4.20. The van der Waals surface area contributed by atoms with Crippen molar-refractivity contribution in [2.75, 3.05) is 19.6 Å². The molecule has 2 aliphatic carbocycles. The van der Waals surface area contributed by atoms with E-state index in [4.69, 9.17) is 0 Å². The highest BCUT2D eigenvalue weighted by atomic mass is 16.1. The van der Waals surface area contributed by atoms with E-state index >= 15 is 0 Å². The maximum Gasteiger partial charge on any atom is 0.220 e. The van der Waals surface area contributed by atoms with Crippen LogP contribution in [-0.2, 0) is 4.79 Å². The second-order valence-electron chi connectivity index (χ2n) is 6.56. The molecule has 3 atom stereocenters. The normalized spacial score (nSPS) is 33.3. The van der Waals surface area contributed by atoms with Gasteiger partial charge in [0.1, 0.15) is 0 Å². The molecule has 106 valence electrons. The molecule has 2 N–H and O–H groups in total. The number of hydrogen-bond acceptors (Lipinski definition) is 2. The number of amides is 1. The van der Waals surface area contributed by atoms with Crippen LogP contribution < -0.4 is 10.6 Å². The number of hydrogen-bond donors (Lipinski definition) is 2. The van der Waals surface area contributed by atoms with Gasteiger partial charge in [-0.15, -0.1) is 0 Å². The van der Waals surface area contributed by atoms with E-state index in [-0.39, 0.29) is 5.91 Å². The highest BCUT2D eigenvalue weighted by Crippen LogP contribution is 2.49. The third-order valence-corrected chi connectivity index (χ3v) is 5.26. The molecule has 1 heterocycles. The Labute approximate surface area is 116 Å². The van der Waals surface area contributed by atoms with E-state index in [0.717, 1.165) is 50.7 Å². The third-order valence-electron chi connectivity index (χ3n) is 5.26. The third kappa shape index (κ3) is 3.38. The van der Waals surface area contributed by atoms with Gasteiger partial charge in [0, 0.05) is 19.5 Å². The first-order valence-electron chi connectivity index (χ1n) is 7.96. The minimum atomic E-state index is 0.284. The Hall–Kier alpha value is -0.830. The molecule has 3 unspecified atom stereocenters. The summed E-state index contributed by atoms with van der Waals surface area (Å²) in [6.07, 6.45) is 10.7. The summed E-state index contributed by atoms with van der Waals surface area (Å²) in [5, 5.41) is 6.43. The van der Waals surface area contributed by atoms with Gasteiger partial charge in [0.15, 0.2) is 0 Å². The van der Waals surface area contributed by atoms with Crippen LogP contribution in [0.15, 0.2) is 11.6 Å². The van der Waals surface area contributed by atoms with Crippen molar-refractivity contribution in [1.82, 2.24) is 10.6 Å². The minimum absolute atomic E-state index is 0.284. The van der Waals surface area contributed by atoms with Crippen molar-refractivity contribution < 1.29 is 4.79 Å². The zero-order chi connectivity index (χ0) is 13.1. The molecule has 2 fully saturated rings. The van der Waals surface area contributed by atoms with Crippen molar-refractivity contribution >= 4 is 5.91 Å². The lowest BCUT2D eigenvalue weighted by molar-refractivity contribution is -0.122. The summed E-state index contributed by atoms with van der Waals surface area (Å²) in [6, 6.07) is 0. The van der Waals surface area contributed by atoms with E-state index in [0.29, 0.717) is 5.92 Å². The zero-order valence-corrected chi connectivity index (χ0v) is 11.8. The van der Waals surface area contributed by atoms with Gasteiger partial charge in [-0.1, -0.05) is 18.1 Å². The van der Waals surface area contributed by atoms with Gasteiger partial charge in [0.25, 0.3) is 0 Å². The molecule has 2 bridgehead atoms. The molecule has 1 amide bonds. The number of carbonyl (C=O) groups is 1. The van der Waals surface area contributed by atoms with Crippen molar-refractivity contribution in [3.05, 3.63) is 11.6 Å². The average Bonchev–Trinajstić information content (AvgIpc) is 3.02. The Morgan fingerprint density at radius 3 is 3.00 bits per heavy atom. The Bertz CT molecular complexity index is 364. The predicted molar refractivity (Wildman–Crippen MR) is 76.8 cm³/mol. The first-order chi connectivity index (χ1) is 9.31. The van der Waals surface area contributed by atoms with Crippen molar-refractivity contribution in [2.45, 2.75) is 44.9 Å². The number of rotatable bonds is 5. The van der Waals surface area contributed by atoms with E-state index in [1.165, 1.54) is 31.3 Å². The summed E-state index contributed by atoms with van der Waals surface area (Å²) in [6.45, 7) is 2.91. The lowest BCUT2D eigenvalue weighted by Crippen LogP contribution is -2.29. The van der Waals surface area contributed by atoms with Crippen LogP contribution in [0.4, 0.5) is 0 Å². The fourth-order valence-electron chi connectivity index (χ4n) is 4.20. The smallest absolute Gasteiger partial charge is 0.220 e. The second kappa shape index (κ2) is 6.08. The second-order valence-corrected chi connectivity index (χ2v) is 6.56. The Morgan fingerprint density at radius 1 is 1.37 bits per heavy atom. The summed E-state index contributed by atoms with van der Waals surface area (Å²) < 4.78 is 0. The van der Waals surface area contributed by atoms with Crippen LogP contribution in [0.1, 0.15) is 44.9 Å². The molecule has 0 saturated heterocycles. The van der Waals surface area contributed by atoms with Crippen LogP contribution in [0, 0.1) is 17.8 Å². The van der Waals surface area contributed by atoms with Crippen LogP contribution >= 0.6 is 0 Å². The van der Waals surface area contributed by atoms with Gasteiger partial charge in [0.2, 0.25) is 5.91 Å². The lowest BCUT2D eigenvalue weighted by atomic mass is 9.86. The van der Waals surface area contributed by atoms with Gasteiger partial charge in [-0.2, -0.15) is 0 Å². The molecule has 0 aromatic rings. The highest BCUT2D eigenvalue weighted by molar-refractivity contribution is 5.76. The largest absolute Gasteiger partial charge is 0.356 e. The predicted octanol–water partition coefficient (Wildman–Crippen LogP) is 2.24. The van der Waals surface area contributed by atoms with Gasteiger partial charge >= 0.3 is 0 Å². The van der Waals surface area contributed by atoms with E-state index in [1.54, 1.807) is 0 Å². The van der Waals surface area contributed by atoms with E-state index in [9.17, 15) is 4.79 Å². The topological polar surface area (TPSA) is 41.1 Å². The maximum atomic E-state index is 12.0. The monoisotopic (exact) mass is 262 g/mol. The summed E-state index contributed by atoms with van der Waals surface area (Å²) in [5.41, 5.74) is 1.50. The molecule has 0 radical (unpaired) electrons. The van der Waals surface area contributed by atoms with Crippen molar-refractivity contribution in [3.8, 4) is 0 Å². The van der Waals surface area contributed by atoms with Crippen LogP contribution in [-0.4, -0.2) is 25.5 Å². The summed E-state index contributed by atoms with van der Waals surface area (Å²) in [5.74, 6) is 2.79. The van der Waals surface area contributed by atoms with Crippen molar-refractivity contribution in [3.63, 3.8) is 0 Å². The molecule has 0 spiro atoms. The Kier molecular flexibility index (Phi) is 4.21. The van der Waals surface area contributed by atoms with E-state index in [1.807, 2.05) is 0 Å². The lowest BCUT2D eigenvalue weighted by Gasteiger charge is -2.21. The number of fused-ring (bicyclic) bond motifs is 2. The van der Waals surface area contributed by atoms with Crippen LogP contribution in [0.25, 0.3) is 0 Å². The molecule has 3 aliphatic rings. The Balaban J connectivity index is 1.34. The molecule has 3 nitrogen and oxygen atoms in total. The van der Waals surface area contributed by atoms with Crippen LogP contribution in [0.5, 0.6) is 0 Å². The quantitative estimate of drug-likeness (QED) is 0.746. The molecule has 2 saturated carbocycles. The summed E-state index contributed by atoms with van der Waals surface area (Å²) in [4.78, 5) is 12.0. The summed E-state index contributed by atoms with van der Waals surface area (Å²) >= 11 is 0. The molecule has 19 heavy (non-hydrogen) atoms. The van der Waals surface area contributed by atoms with Crippen molar-refractivity contribution in [2.24, 2.45) is 17.8 Å². The number of nitrogens with one attached hydrogen (secondary N) is 2. The van der Waals surface area contributed by atoms with Gasteiger partial charge in [0.05, 0.1) is 0 Å². The molecule has 0 aromatic heterocycles. The molecule has 3 rings (SSSR count). The molecule has 1 aliphatic heterocycles. The van der Waals surface area contributed by atoms with Gasteiger partial charge in [-0.3, -0.25) is 4.79 Å². The highest BCUT2D eigenvalue weighted by Gasteiger charge is 2.39. The standard InChI is InChI=1S/C16H26N2O/c19-16(11-15-10-13-1-2-14(15)9-13)18-8-5-12-3-6-17-7-4-12/h3,13-15,17H,1-2,4-11H2,(H,18,19). The van der Waals surface area contributed by atoms with Crippen LogP contribution in [0.2, 0.25) is 0 Å².